The molecule has 0 saturated heterocycles. The molecule has 0 bridgehead atoms. The van der Waals surface area contributed by atoms with Crippen molar-refractivity contribution < 1.29 is 13.9 Å². The molecule has 0 unspecified atom stereocenters. The van der Waals surface area contributed by atoms with Crippen LogP contribution in [0.15, 0.2) is 64.2 Å². The quantitative estimate of drug-likeness (QED) is 0.346. The standard InChI is InChI=1S/C21H19N3O3S/c1-3-26-20(25)19-17(16-11-7-8-12-18(16)27-19)13-28-21-23-22-14(2)24(21)15-9-5-4-6-10-15/h4-12H,3,13H2,1-2H3. The van der Waals surface area contributed by atoms with Crippen molar-refractivity contribution in [1.82, 2.24) is 14.8 Å². The molecule has 6 nitrogen and oxygen atoms in total. The number of carbonyl (C=O) groups excluding carboxylic acids is 1. The molecule has 0 saturated carbocycles. The van der Waals surface area contributed by atoms with Crippen LogP contribution in [0.25, 0.3) is 16.7 Å². The van der Waals surface area contributed by atoms with Crippen LogP contribution in [-0.2, 0) is 10.5 Å². The average Bonchev–Trinajstić information content (AvgIpc) is 3.27. The molecule has 0 aliphatic carbocycles. The van der Waals surface area contributed by atoms with Gasteiger partial charge in [-0.3, -0.25) is 4.57 Å². The molecule has 0 fully saturated rings. The second-order valence-electron chi connectivity index (χ2n) is 6.12. The summed E-state index contributed by atoms with van der Waals surface area (Å²) in [6, 6.07) is 17.6. The first-order valence-electron chi connectivity index (χ1n) is 8.96. The highest BCUT2D eigenvalue weighted by Crippen LogP contribution is 2.33. The molecule has 2 heterocycles. The van der Waals surface area contributed by atoms with Crippen molar-refractivity contribution in [3.05, 3.63) is 71.7 Å². The Balaban J connectivity index is 1.69. The van der Waals surface area contributed by atoms with Crippen LogP contribution in [0.5, 0.6) is 0 Å². The van der Waals surface area contributed by atoms with Gasteiger partial charge in [0.05, 0.1) is 6.61 Å². The first kappa shape index (κ1) is 18.3. The number of aryl methyl sites for hydroxylation is 1. The van der Waals surface area contributed by atoms with Gasteiger partial charge >= 0.3 is 5.97 Å². The number of ether oxygens (including phenoxy) is 1. The van der Waals surface area contributed by atoms with Gasteiger partial charge in [-0.15, -0.1) is 10.2 Å². The molecule has 0 aliphatic heterocycles. The lowest BCUT2D eigenvalue weighted by molar-refractivity contribution is 0.0491. The lowest BCUT2D eigenvalue weighted by Gasteiger charge is -2.08. The second kappa shape index (κ2) is 7.90. The van der Waals surface area contributed by atoms with Crippen molar-refractivity contribution in [3.63, 3.8) is 0 Å². The molecule has 142 valence electrons. The highest BCUT2D eigenvalue weighted by atomic mass is 32.2. The van der Waals surface area contributed by atoms with Crippen LogP contribution < -0.4 is 0 Å². The third-order valence-electron chi connectivity index (χ3n) is 4.31. The van der Waals surface area contributed by atoms with Crippen molar-refractivity contribution in [1.29, 1.82) is 0 Å². The van der Waals surface area contributed by atoms with Crippen LogP contribution in [-0.4, -0.2) is 27.3 Å². The largest absolute Gasteiger partial charge is 0.460 e. The van der Waals surface area contributed by atoms with E-state index in [1.807, 2.05) is 66.1 Å². The summed E-state index contributed by atoms with van der Waals surface area (Å²) in [5.41, 5.74) is 2.47. The van der Waals surface area contributed by atoms with Gasteiger partial charge in [-0.05, 0) is 32.0 Å². The predicted molar refractivity (Wildman–Crippen MR) is 108 cm³/mol. The molecule has 2 aromatic carbocycles. The van der Waals surface area contributed by atoms with Gasteiger partial charge in [0.25, 0.3) is 0 Å². The van der Waals surface area contributed by atoms with Gasteiger partial charge in [-0.1, -0.05) is 48.2 Å². The maximum Gasteiger partial charge on any atom is 0.374 e. The van der Waals surface area contributed by atoms with Gasteiger partial charge in [0, 0.05) is 22.4 Å². The Bertz CT molecular complexity index is 1120. The van der Waals surface area contributed by atoms with E-state index in [0.29, 0.717) is 17.9 Å². The van der Waals surface area contributed by atoms with Crippen LogP contribution in [0.4, 0.5) is 0 Å². The van der Waals surface area contributed by atoms with Crippen molar-refractivity contribution >= 4 is 28.7 Å². The molecule has 0 amide bonds. The molecular weight excluding hydrogens is 374 g/mol. The molecular formula is C21H19N3O3S. The lowest BCUT2D eigenvalue weighted by atomic mass is 10.1. The summed E-state index contributed by atoms with van der Waals surface area (Å²) in [5.74, 6) is 1.11. The van der Waals surface area contributed by atoms with E-state index in [2.05, 4.69) is 10.2 Å². The first-order chi connectivity index (χ1) is 13.7. The van der Waals surface area contributed by atoms with Gasteiger partial charge < -0.3 is 9.15 Å². The highest BCUT2D eigenvalue weighted by molar-refractivity contribution is 7.98. The number of hydrogen-bond acceptors (Lipinski definition) is 6. The fourth-order valence-corrected chi connectivity index (χ4v) is 4.08. The number of furan rings is 1. The van der Waals surface area contributed by atoms with E-state index < -0.39 is 5.97 Å². The first-order valence-corrected chi connectivity index (χ1v) is 9.95. The number of thioether (sulfide) groups is 1. The maximum absolute atomic E-state index is 12.4. The zero-order chi connectivity index (χ0) is 19.5. The van der Waals surface area contributed by atoms with Crippen molar-refractivity contribution in [2.45, 2.75) is 24.8 Å². The highest BCUT2D eigenvalue weighted by Gasteiger charge is 2.22. The summed E-state index contributed by atoms with van der Waals surface area (Å²) >= 11 is 1.51. The molecule has 0 radical (unpaired) electrons. The number of nitrogens with zero attached hydrogens (tertiary/aromatic N) is 3. The second-order valence-corrected chi connectivity index (χ2v) is 7.06. The molecule has 0 atom stereocenters. The summed E-state index contributed by atoms with van der Waals surface area (Å²) in [6.45, 7) is 3.99. The van der Waals surface area contributed by atoms with Crippen LogP contribution in [0, 0.1) is 6.92 Å². The summed E-state index contributed by atoms with van der Waals surface area (Å²) in [5, 5.41) is 10.2. The summed E-state index contributed by atoms with van der Waals surface area (Å²) in [7, 11) is 0. The number of benzene rings is 2. The normalized spacial score (nSPS) is 11.1. The van der Waals surface area contributed by atoms with Crippen molar-refractivity contribution in [2.75, 3.05) is 6.61 Å². The molecule has 4 aromatic rings. The van der Waals surface area contributed by atoms with Gasteiger partial charge in [-0.2, -0.15) is 0 Å². The molecule has 2 aromatic heterocycles. The van der Waals surface area contributed by atoms with Gasteiger partial charge in [0.2, 0.25) is 5.76 Å². The third kappa shape index (κ3) is 3.41. The Morgan fingerprint density at radius 1 is 1.11 bits per heavy atom. The van der Waals surface area contributed by atoms with Crippen LogP contribution in [0.3, 0.4) is 0 Å². The Kier molecular flexibility index (Phi) is 5.16. The number of para-hydroxylation sites is 2. The summed E-state index contributed by atoms with van der Waals surface area (Å²) in [4.78, 5) is 12.4. The molecule has 7 heteroatoms. The molecule has 0 spiro atoms. The third-order valence-corrected chi connectivity index (χ3v) is 5.27. The number of rotatable bonds is 6. The van der Waals surface area contributed by atoms with Gasteiger partial charge in [0.1, 0.15) is 11.4 Å². The molecule has 28 heavy (non-hydrogen) atoms. The van der Waals surface area contributed by atoms with E-state index in [1.54, 1.807) is 6.92 Å². The summed E-state index contributed by atoms with van der Waals surface area (Å²) < 4.78 is 13.0. The molecule has 0 N–H and O–H groups in total. The van der Waals surface area contributed by atoms with E-state index >= 15 is 0 Å². The van der Waals surface area contributed by atoms with Crippen LogP contribution in [0.2, 0.25) is 0 Å². The fourth-order valence-electron chi connectivity index (χ4n) is 3.05. The Hall–Kier alpha value is -3.06. The van der Waals surface area contributed by atoms with Gasteiger partial charge in [0.15, 0.2) is 5.16 Å². The summed E-state index contributed by atoms with van der Waals surface area (Å²) in [6.07, 6.45) is 0. The number of hydrogen-bond donors (Lipinski definition) is 0. The Morgan fingerprint density at radius 3 is 2.64 bits per heavy atom. The fraction of sp³-hybridized carbons (Fsp3) is 0.190. The Labute approximate surface area is 166 Å². The minimum Gasteiger partial charge on any atom is -0.460 e. The number of esters is 1. The predicted octanol–water partition coefficient (Wildman–Crippen LogP) is 4.79. The molecule has 4 rings (SSSR count). The van der Waals surface area contributed by atoms with E-state index in [4.69, 9.17) is 9.15 Å². The minimum atomic E-state index is -0.449. The maximum atomic E-state index is 12.4. The van der Waals surface area contributed by atoms with E-state index in [0.717, 1.165) is 27.6 Å². The molecule has 0 aliphatic rings. The van der Waals surface area contributed by atoms with E-state index in [9.17, 15) is 4.79 Å². The van der Waals surface area contributed by atoms with Crippen LogP contribution in [0.1, 0.15) is 28.9 Å². The van der Waals surface area contributed by atoms with Crippen molar-refractivity contribution in [2.24, 2.45) is 0 Å². The zero-order valence-electron chi connectivity index (χ0n) is 15.6. The number of carbonyl (C=O) groups is 1. The van der Waals surface area contributed by atoms with Crippen molar-refractivity contribution in [3.8, 4) is 5.69 Å². The topological polar surface area (TPSA) is 70.2 Å². The smallest absolute Gasteiger partial charge is 0.374 e. The average molecular weight is 393 g/mol. The number of aromatic nitrogens is 3. The number of fused-ring (bicyclic) bond motifs is 1. The van der Waals surface area contributed by atoms with E-state index in [1.165, 1.54) is 11.8 Å². The van der Waals surface area contributed by atoms with Gasteiger partial charge in [-0.25, -0.2) is 4.79 Å². The zero-order valence-corrected chi connectivity index (χ0v) is 16.4. The lowest BCUT2D eigenvalue weighted by Crippen LogP contribution is -2.06. The monoisotopic (exact) mass is 393 g/mol. The van der Waals surface area contributed by atoms with Crippen LogP contribution >= 0.6 is 11.8 Å². The minimum absolute atomic E-state index is 0.248. The Morgan fingerprint density at radius 2 is 1.86 bits per heavy atom. The SMILES string of the molecule is CCOC(=O)c1oc2ccccc2c1CSc1nnc(C)n1-c1ccccc1. The van der Waals surface area contributed by atoms with E-state index in [-0.39, 0.29) is 5.76 Å².